The zero-order valence-electron chi connectivity index (χ0n) is 12.6. The van der Waals surface area contributed by atoms with Gasteiger partial charge in [-0.1, -0.05) is 49.8 Å². The molecule has 0 atom stereocenters. The van der Waals surface area contributed by atoms with E-state index in [1.54, 1.807) is 0 Å². The van der Waals surface area contributed by atoms with Crippen LogP contribution in [0.2, 0.25) is 0 Å². The average molecular weight is 304 g/mol. The highest BCUT2D eigenvalue weighted by molar-refractivity contribution is 5.49. The Balaban J connectivity index is 1.97. The lowest BCUT2D eigenvalue weighted by molar-refractivity contribution is 0.445. The van der Waals surface area contributed by atoms with Crippen molar-refractivity contribution >= 4 is 6.08 Å². The Bertz CT molecular complexity index is 619. The van der Waals surface area contributed by atoms with Crippen LogP contribution >= 0.6 is 0 Å². The highest BCUT2D eigenvalue weighted by Crippen LogP contribution is 2.16. The summed E-state index contributed by atoms with van der Waals surface area (Å²) in [5.74, 6) is -3.68. The number of benzene rings is 2. The molecule has 0 nitrogen and oxygen atoms in total. The van der Waals surface area contributed by atoms with Gasteiger partial charge in [-0.25, -0.2) is 13.2 Å². The van der Waals surface area contributed by atoms with E-state index in [9.17, 15) is 13.2 Å². The van der Waals surface area contributed by atoms with E-state index in [0.29, 0.717) is 18.4 Å². The second kappa shape index (κ2) is 7.83. The molecule has 2 aromatic carbocycles. The summed E-state index contributed by atoms with van der Waals surface area (Å²) in [5.41, 5.74) is 2.68. The zero-order chi connectivity index (χ0) is 15.9. The molecule has 116 valence electrons. The Morgan fingerprint density at radius 3 is 2.05 bits per heavy atom. The molecule has 2 rings (SSSR count). The van der Waals surface area contributed by atoms with E-state index >= 15 is 0 Å². The third-order valence-corrected chi connectivity index (χ3v) is 3.49. The molecular weight excluding hydrogens is 285 g/mol. The molecule has 0 saturated carbocycles. The van der Waals surface area contributed by atoms with Crippen molar-refractivity contribution in [2.75, 3.05) is 0 Å². The number of unbranched alkanes of at least 4 members (excludes halogenated alkanes) is 1. The SMILES string of the molecule is CCCC=Cc1ccc(CCc2cc(F)c(F)c(F)c2)cc1. The fraction of sp³-hybridized carbons (Fsp3) is 0.263. The number of allylic oxidation sites excluding steroid dienone is 1. The number of hydrogen-bond donors (Lipinski definition) is 0. The van der Waals surface area contributed by atoms with Crippen LogP contribution in [0.3, 0.4) is 0 Å². The summed E-state index contributed by atoms with van der Waals surface area (Å²) in [6, 6.07) is 10.2. The van der Waals surface area contributed by atoms with Crippen molar-refractivity contribution in [3.8, 4) is 0 Å². The van der Waals surface area contributed by atoms with Crippen molar-refractivity contribution in [1.82, 2.24) is 0 Å². The van der Waals surface area contributed by atoms with Gasteiger partial charge in [-0.15, -0.1) is 0 Å². The molecule has 2 aromatic rings. The molecule has 0 spiro atoms. The first-order chi connectivity index (χ1) is 10.6. The predicted molar refractivity (Wildman–Crippen MR) is 84.1 cm³/mol. The lowest BCUT2D eigenvalue weighted by Gasteiger charge is -2.04. The highest BCUT2D eigenvalue weighted by Gasteiger charge is 2.10. The maximum atomic E-state index is 13.1. The van der Waals surface area contributed by atoms with E-state index in [1.807, 2.05) is 24.3 Å². The van der Waals surface area contributed by atoms with Crippen molar-refractivity contribution in [2.45, 2.75) is 32.6 Å². The van der Waals surface area contributed by atoms with Crippen molar-refractivity contribution in [3.05, 3.63) is 76.6 Å². The molecule has 0 bridgehead atoms. The summed E-state index contributed by atoms with van der Waals surface area (Å²) in [5, 5.41) is 0. The van der Waals surface area contributed by atoms with Gasteiger partial charge >= 0.3 is 0 Å². The molecule has 3 heteroatoms. The first kappa shape index (κ1) is 16.3. The molecule has 0 heterocycles. The Labute approximate surface area is 129 Å². The standard InChI is InChI=1S/C19H19F3/c1-2-3-4-5-14-6-8-15(9-7-14)10-11-16-12-17(20)19(22)18(21)13-16/h4-9,12-13H,2-3,10-11H2,1H3. The first-order valence-electron chi connectivity index (χ1n) is 7.49. The Hall–Kier alpha value is -2.03. The van der Waals surface area contributed by atoms with Crippen molar-refractivity contribution in [2.24, 2.45) is 0 Å². The van der Waals surface area contributed by atoms with Crippen LogP contribution in [0, 0.1) is 17.5 Å². The minimum absolute atomic E-state index is 0.461. The van der Waals surface area contributed by atoms with E-state index < -0.39 is 17.5 Å². The summed E-state index contributed by atoms with van der Waals surface area (Å²) in [7, 11) is 0. The van der Waals surface area contributed by atoms with Gasteiger partial charge in [-0.2, -0.15) is 0 Å². The van der Waals surface area contributed by atoms with E-state index in [4.69, 9.17) is 0 Å². The van der Waals surface area contributed by atoms with Crippen LogP contribution < -0.4 is 0 Å². The van der Waals surface area contributed by atoms with Gasteiger partial charge in [-0.05, 0) is 48.1 Å². The van der Waals surface area contributed by atoms with Gasteiger partial charge in [-0.3, -0.25) is 0 Å². The maximum Gasteiger partial charge on any atom is 0.194 e. The molecule has 0 aliphatic carbocycles. The van der Waals surface area contributed by atoms with E-state index in [-0.39, 0.29) is 0 Å². The quantitative estimate of drug-likeness (QED) is 0.600. The highest BCUT2D eigenvalue weighted by atomic mass is 19.2. The largest absolute Gasteiger partial charge is 0.204 e. The van der Waals surface area contributed by atoms with Crippen LogP contribution in [0.5, 0.6) is 0 Å². The lowest BCUT2D eigenvalue weighted by Crippen LogP contribution is -1.97. The number of aryl methyl sites for hydroxylation is 2. The molecular formula is C19H19F3. The third-order valence-electron chi connectivity index (χ3n) is 3.49. The van der Waals surface area contributed by atoms with Gasteiger partial charge in [0.15, 0.2) is 17.5 Å². The first-order valence-corrected chi connectivity index (χ1v) is 7.49. The monoisotopic (exact) mass is 304 g/mol. The predicted octanol–water partition coefficient (Wildman–Crippen LogP) is 5.70. The number of rotatable bonds is 6. The van der Waals surface area contributed by atoms with Crippen LogP contribution in [0.4, 0.5) is 13.2 Å². The molecule has 0 amide bonds. The van der Waals surface area contributed by atoms with E-state index in [0.717, 1.165) is 36.1 Å². The zero-order valence-corrected chi connectivity index (χ0v) is 12.6. The summed E-state index contributed by atoms with van der Waals surface area (Å²) >= 11 is 0. The van der Waals surface area contributed by atoms with Gasteiger partial charge in [0.2, 0.25) is 0 Å². The van der Waals surface area contributed by atoms with Gasteiger partial charge in [0.25, 0.3) is 0 Å². The second-order valence-electron chi connectivity index (χ2n) is 5.31. The van der Waals surface area contributed by atoms with Gasteiger partial charge < -0.3 is 0 Å². The fourth-order valence-corrected chi connectivity index (χ4v) is 2.22. The van der Waals surface area contributed by atoms with Gasteiger partial charge in [0.1, 0.15) is 0 Å². The van der Waals surface area contributed by atoms with Crippen molar-refractivity contribution in [1.29, 1.82) is 0 Å². The van der Waals surface area contributed by atoms with Crippen molar-refractivity contribution < 1.29 is 13.2 Å². The molecule has 0 fully saturated rings. The van der Waals surface area contributed by atoms with Gasteiger partial charge in [0, 0.05) is 0 Å². The summed E-state index contributed by atoms with van der Waals surface area (Å²) in [4.78, 5) is 0. The van der Waals surface area contributed by atoms with Crippen molar-refractivity contribution in [3.63, 3.8) is 0 Å². The lowest BCUT2D eigenvalue weighted by atomic mass is 10.0. The van der Waals surface area contributed by atoms with E-state index in [2.05, 4.69) is 19.1 Å². The molecule has 0 aliphatic rings. The second-order valence-corrected chi connectivity index (χ2v) is 5.31. The van der Waals surface area contributed by atoms with Crippen LogP contribution in [0.1, 0.15) is 36.5 Å². The smallest absolute Gasteiger partial charge is 0.194 e. The van der Waals surface area contributed by atoms with E-state index in [1.165, 1.54) is 0 Å². The molecule has 0 aromatic heterocycles. The minimum atomic E-state index is -1.41. The average Bonchev–Trinajstić information content (AvgIpc) is 2.52. The Morgan fingerprint density at radius 2 is 1.45 bits per heavy atom. The topological polar surface area (TPSA) is 0 Å². The minimum Gasteiger partial charge on any atom is -0.204 e. The molecule has 0 unspecified atom stereocenters. The normalized spacial score (nSPS) is 11.3. The van der Waals surface area contributed by atoms with Crippen LogP contribution in [-0.2, 0) is 12.8 Å². The number of hydrogen-bond acceptors (Lipinski definition) is 0. The Kier molecular flexibility index (Phi) is 5.82. The molecule has 22 heavy (non-hydrogen) atoms. The summed E-state index contributed by atoms with van der Waals surface area (Å²) in [6.45, 7) is 2.13. The van der Waals surface area contributed by atoms with Gasteiger partial charge in [0.05, 0.1) is 0 Å². The molecule has 0 radical (unpaired) electrons. The molecule has 0 saturated heterocycles. The fourth-order valence-electron chi connectivity index (χ4n) is 2.22. The molecule has 0 N–H and O–H groups in total. The number of halogens is 3. The summed E-state index contributed by atoms with van der Waals surface area (Å²) in [6.07, 6.45) is 7.53. The Morgan fingerprint density at radius 1 is 0.864 bits per heavy atom. The molecule has 0 aliphatic heterocycles. The third kappa shape index (κ3) is 4.48. The maximum absolute atomic E-state index is 13.1. The summed E-state index contributed by atoms with van der Waals surface area (Å²) < 4.78 is 39.2. The van der Waals surface area contributed by atoms with Crippen LogP contribution in [0.15, 0.2) is 42.5 Å². The van der Waals surface area contributed by atoms with Crippen LogP contribution in [0.25, 0.3) is 6.08 Å². The van der Waals surface area contributed by atoms with Crippen LogP contribution in [-0.4, -0.2) is 0 Å².